The number of phenols is 1. The summed E-state index contributed by atoms with van der Waals surface area (Å²) in [6, 6.07) is 19.2. The Kier molecular flexibility index (Phi) is 5.46. The molecule has 2 heterocycles. The number of allylic oxidation sites excluding steroid dienone is 1. The Balaban J connectivity index is 1.62. The van der Waals surface area contributed by atoms with Crippen molar-refractivity contribution in [3.63, 3.8) is 0 Å². The zero-order valence-electron chi connectivity index (χ0n) is 18.7. The van der Waals surface area contributed by atoms with Gasteiger partial charge in [-0.25, -0.2) is 4.99 Å². The van der Waals surface area contributed by atoms with Crippen LogP contribution in [0.3, 0.4) is 0 Å². The molecule has 1 unspecified atom stereocenters. The second-order valence-electron chi connectivity index (χ2n) is 8.68. The van der Waals surface area contributed by atoms with Crippen LogP contribution in [0.5, 0.6) is 5.75 Å². The number of nitro groups is 1. The minimum absolute atomic E-state index is 0.0149. The van der Waals surface area contributed by atoms with Crippen LogP contribution in [-0.4, -0.2) is 14.6 Å². The lowest BCUT2D eigenvalue weighted by Crippen LogP contribution is -2.38. The normalized spacial score (nSPS) is 16.7. The standard InChI is InChI=1S/C27H18BrN3O4S/c28-21-12-15(8-11-22(21)32)13-23-26(33)30-25(17-5-3-6-18(14-17)31(34)35)20-10-9-16-4-1-2-7-19(16)24(20)29-27(30)36-23/h1-8,11-14,25,32H,9-10H2/b23-13-. The van der Waals surface area contributed by atoms with E-state index in [9.17, 15) is 20.0 Å². The number of non-ortho nitro benzene ring substituents is 1. The van der Waals surface area contributed by atoms with Crippen molar-refractivity contribution in [3.8, 4) is 5.75 Å². The van der Waals surface area contributed by atoms with Gasteiger partial charge in [-0.05, 0) is 69.2 Å². The lowest BCUT2D eigenvalue weighted by atomic mass is 9.83. The molecule has 4 aromatic rings. The van der Waals surface area contributed by atoms with Crippen LogP contribution >= 0.6 is 27.3 Å². The Morgan fingerprint density at radius 2 is 1.94 bits per heavy atom. The van der Waals surface area contributed by atoms with Crippen molar-refractivity contribution < 1.29 is 10.0 Å². The molecule has 2 aliphatic rings. The molecule has 9 heteroatoms. The Morgan fingerprint density at radius 1 is 1.11 bits per heavy atom. The molecule has 36 heavy (non-hydrogen) atoms. The number of nitro benzene ring substituents is 1. The number of benzene rings is 3. The molecule has 0 saturated carbocycles. The highest BCUT2D eigenvalue weighted by molar-refractivity contribution is 9.10. The number of aromatic hydroxyl groups is 1. The number of fused-ring (bicyclic) bond motifs is 3. The van der Waals surface area contributed by atoms with Gasteiger partial charge >= 0.3 is 0 Å². The van der Waals surface area contributed by atoms with Gasteiger partial charge in [0.2, 0.25) is 0 Å². The Hall–Kier alpha value is -3.82. The molecule has 0 saturated heterocycles. The molecule has 1 N–H and O–H groups in total. The minimum atomic E-state index is -0.488. The van der Waals surface area contributed by atoms with Gasteiger partial charge in [0.25, 0.3) is 11.2 Å². The first-order valence-electron chi connectivity index (χ1n) is 11.3. The zero-order valence-corrected chi connectivity index (χ0v) is 21.1. The van der Waals surface area contributed by atoms with Crippen molar-refractivity contribution in [1.29, 1.82) is 0 Å². The number of aryl methyl sites for hydroxylation is 1. The maximum Gasteiger partial charge on any atom is 0.271 e. The van der Waals surface area contributed by atoms with Gasteiger partial charge < -0.3 is 5.11 Å². The van der Waals surface area contributed by atoms with Crippen LogP contribution in [0.2, 0.25) is 0 Å². The molecule has 3 aromatic carbocycles. The number of aromatic nitrogens is 1. The molecule has 0 amide bonds. The fraction of sp³-hybridized carbons (Fsp3) is 0.111. The molecule has 0 bridgehead atoms. The fourth-order valence-electron chi connectivity index (χ4n) is 4.90. The lowest BCUT2D eigenvalue weighted by Gasteiger charge is -2.30. The second-order valence-corrected chi connectivity index (χ2v) is 10.5. The maximum atomic E-state index is 13.8. The van der Waals surface area contributed by atoms with Gasteiger partial charge in [0.15, 0.2) is 4.80 Å². The van der Waals surface area contributed by atoms with Gasteiger partial charge in [-0.1, -0.05) is 53.8 Å². The Bertz CT molecular complexity index is 1790. The van der Waals surface area contributed by atoms with Crippen LogP contribution < -0.4 is 14.9 Å². The maximum absolute atomic E-state index is 13.8. The van der Waals surface area contributed by atoms with E-state index < -0.39 is 11.0 Å². The summed E-state index contributed by atoms with van der Waals surface area (Å²) in [6.45, 7) is 0. The number of phenolic OH excluding ortho intramolecular Hbond substituents is 1. The van der Waals surface area contributed by atoms with E-state index >= 15 is 0 Å². The van der Waals surface area contributed by atoms with Crippen LogP contribution in [0.25, 0.3) is 11.8 Å². The first-order valence-corrected chi connectivity index (χ1v) is 12.9. The van der Waals surface area contributed by atoms with Crippen LogP contribution in [0, 0.1) is 10.1 Å². The van der Waals surface area contributed by atoms with E-state index in [0.717, 1.165) is 28.8 Å². The van der Waals surface area contributed by atoms with Crippen molar-refractivity contribution in [1.82, 2.24) is 4.57 Å². The molecular weight excluding hydrogens is 542 g/mol. The van der Waals surface area contributed by atoms with Gasteiger partial charge in [-0.3, -0.25) is 19.5 Å². The van der Waals surface area contributed by atoms with Crippen molar-refractivity contribution in [3.05, 3.63) is 129 Å². The molecular formula is C27H18BrN3O4S. The highest BCUT2D eigenvalue weighted by atomic mass is 79.9. The second kappa shape index (κ2) is 8.69. The van der Waals surface area contributed by atoms with E-state index in [1.165, 1.54) is 23.0 Å². The third kappa shape index (κ3) is 3.71. The highest BCUT2D eigenvalue weighted by Gasteiger charge is 2.33. The Labute approximate surface area is 217 Å². The summed E-state index contributed by atoms with van der Waals surface area (Å²) in [4.78, 5) is 30.4. The van der Waals surface area contributed by atoms with Gasteiger partial charge in [-0.2, -0.15) is 0 Å². The van der Waals surface area contributed by atoms with E-state index in [2.05, 4.69) is 22.0 Å². The summed E-state index contributed by atoms with van der Waals surface area (Å²) in [6.07, 6.45) is 3.29. The van der Waals surface area contributed by atoms with Crippen molar-refractivity contribution in [2.45, 2.75) is 18.9 Å². The van der Waals surface area contributed by atoms with E-state index in [-0.39, 0.29) is 17.0 Å². The fourth-order valence-corrected chi connectivity index (χ4v) is 6.29. The summed E-state index contributed by atoms with van der Waals surface area (Å²) in [5, 5.41) is 21.4. The van der Waals surface area contributed by atoms with Crippen LogP contribution in [-0.2, 0) is 6.42 Å². The van der Waals surface area contributed by atoms with E-state index in [1.54, 1.807) is 41.0 Å². The predicted octanol–water partition coefficient (Wildman–Crippen LogP) is 4.70. The van der Waals surface area contributed by atoms with Crippen molar-refractivity contribution in [2.24, 2.45) is 4.99 Å². The van der Waals surface area contributed by atoms with Crippen LogP contribution in [0.15, 0.2) is 86.6 Å². The average Bonchev–Trinajstić information content (AvgIpc) is 3.19. The topological polar surface area (TPSA) is 97.7 Å². The molecule has 6 rings (SSSR count). The number of nitrogens with zero attached hydrogens (tertiary/aromatic N) is 3. The monoisotopic (exact) mass is 559 g/mol. The SMILES string of the molecule is O=c1/c(=C/c2ccc(O)c(Br)c2)sc2n1C(c1cccc([N+](=O)[O-])c1)C1=C(N=2)c2ccccc2CC1. The van der Waals surface area contributed by atoms with Gasteiger partial charge in [0.1, 0.15) is 5.75 Å². The van der Waals surface area contributed by atoms with Gasteiger partial charge in [0.05, 0.1) is 25.7 Å². The third-order valence-corrected chi connectivity index (χ3v) is 8.16. The predicted molar refractivity (Wildman–Crippen MR) is 142 cm³/mol. The zero-order chi connectivity index (χ0) is 25.0. The summed E-state index contributed by atoms with van der Waals surface area (Å²) < 4.78 is 2.69. The van der Waals surface area contributed by atoms with Crippen LogP contribution in [0.1, 0.15) is 34.7 Å². The molecule has 0 radical (unpaired) electrons. The molecule has 7 nitrogen and oxygen atoms in total. The molecule has 1 aliphatic heterocycles. The van der Waals surface area contributed by atoms with E-state index in [4.69, 9.17) is 4.99 Å². The molecule has 178 valence electrons. The highest BCUT2D eigenvalue weighted by Crippen LogP contribution is 2.41. The smallest absolute Gasteiger partial charge is 0.271 e. The minimum Gasteiger partial charge on any atom is -0.507 e. The molecule has 0 spiro atoms. The van der Waals surface area contributed by atoms with Crippen molar-refractivity contribution in [2.75, 3.05) is 0 Å². The molecule has 1 aromatic heterocycles. The van der Waals surface area contributed by atoms with Crippen LogP contribution in [0.4, 0.5) is 5.69 Å². The Morgan fingerprint density at radius 3 is 2.75 bits per heavy atom. The first kappa shape index (κ1) is 22.6. The molecule has 1 atom stereocenters. The van der Waals surface area contributed by atoms with Crippen molar-refractivity contribution >= 4 is 44.7 Å². The summed E-state index contributed by atoms with van der Waals surface area (Å²) >= 11 is 4.61. The number of rotatable bonds is 3. The summed E-state index contributed by atoms with van der Waals surface area (Å²) in [5.74, 6) is 0.116. The number of hydrogen-bond acceptors (Lipinski definition) is 6. The number of hydrogen-bond donors (Lipinski definition) is 1. The number of halogens is 1. The quantitative estimate of drug-likeness (QED) is 0.290. The summed E-state index contributed by atoms with van der Waals surface area (Å²) in [7, 11) is 0. The lowest BCUT2D eigenvalue weighted by molar-refractivity contribution is -0.384. The molecule has 0 fully saturated rings. The first-order chi connectivity index (χ1) is 17.4. The van der Waals surface area contributed by atoms with Gasteiger partial charge in [0, 0.05) is 17.7 Å². The van der Waals surface area contributed by atoms with E-state index in [0.29, 0.717) is 25.8 Å². The van der Waals surface area contributed by atoms with E-state index in [1.807, 2.05) is 24.3 Å². The van der Waals surface area contributed by atoms with Gasteiger partial charge in [-0.15, -0.1) is 0 Å². The summed E-state index contributed by atoms with van der Waals surface area (Å²) in [5.41, 5.74) is 5.29. The average molecular weight is 560 g/mol. The molecule has 1 aliphatic carbocycles. The number of thiazole rings is 1. The third-order valence-electron chi connectivity index (χ3n) is 6.54. The largest absolute Gasteiger partial charge is 0.507 e.